The van der Waals surface area contributed by atoms with E-state index in [1.54, 1.807) is 18.2 Å². The van der Waals surface area contributed by atoms with Crippen LogP contribution in [-0.2, 0) is 0 Å². The average molecular weight is 185 g/mol. The van der Waals surface area contributed by atoms with E-state index in [4.69, 9.17) is 12.3 Å². The topological polar surface area (TPSA) is 63.2 Å². The van der Waals surface area contributed by atoms with Crippen LogP contribution in [-0.4, -0.2) is 4.98 Å². The Bertz CT molecular complexity index is 592. The molecule has 0 atom stereocenters. The van der Waals surface area contributed by atoms with Crippen LogP contribution >= 0.6 is 0 Å². The molecule has 0 bridgehead atoms. The number of anilines is 1. The van der Waals surface area contributed by atoms with E-state index in [0.717, 1.165) is 0 Å². The van der Waals surface area contributed by atoms with Crippen molar-refractivity contribution < 1.29 is 0 Å². The molecule has 14 heavy (non-hydrogen) atoms. The summed E-state index contributed by atoms with van der Waals surface area (Å²) < 4.78 is 0. The highest BCUT2D eigenvalue weighted by atomic mass is 16.1. The third-order valence-corrected chi connectivity index (χ3v) is 2.05. The van der Waals surface area contributed by atoms with E-state index in [0.29, 0.717) is 10.9 Å². The van der Waals surface area contributed by atoms with Crippen LogP contribution < -0.4 is 11.3 Å². The second-order valence-electron chi connectivity index (χ2n) is 2.87. The minimum atomic E-state index is -0.434. The molecular weight excluding hydrogens is 178 g/mol. The Morgan fingerprint density at radius 3 is 2.79 bits per heavy atom. The Kier molecular flexibility index (Phi) is 1.72. The number of para-hydroxylation sites is 1. The molecule has 0 saturated carbocycles. The minimum absolute atomic E-state index is 0.0382. The Hall–Kier alpha value is -2.28. The molecule has 1 aromatic carbocycles. The Labute approximate surface area is 79.8 Å². The fraction of sp³-hybridized carbons (Fsp3) is 0. The summed E-state index contributed by atoms with van der Waals surface area (Å²) in [5.41, 5.74) is 6.13. The maximum absolute atomic E-state index is 11.3. The number of nitrogens with two attached hydrogens (primary N) is 1. The lowest BCUT2D eigenvalue weighted by Gasteiger charge is -2.02. The van der Waals surface area contributed by atoms with Crippen LogP contribution in [0.3, 0.4) is 0 Å². The predicted octanol–water partition coefficient (Wildman–Crippen LogP) is 1.66. The number of nitrogens with zero attached hydrogens (tertiary/aromatic N) is 1. The van der Waals surface area contributed by atoms with Gasteiger partial charge in [0, 0.05) is 10.9 Å². The molecule has 4 heteroatoms. The van der Waals surface area contributed by atoms with E-state index in [-0.39, 0.29) is 11.4 Å². The number of hydrogen-bond donors (Lipinski definition) is 2. The van der Waals surface area contributed by atoms with Gasteiger partial charge in [-0.3, -0.25) is 4.79 Å². The zero-order valence-electron chi connectivity index (χ0n) is 7.24. The monoisotopic (exact) mass is 185 g/mol. The number of aromatic amines is 1. The van der Waals surface area contributed by atoms with Gasteiger partial charge >= 0.3 is 0 Å². The predicted molar refractivity (Wildman–Crippen MR) is 55.2 cm³/mol. The van der Waals surface area contributed by atoms with Gasteiger partial charge in [-0.15, -0.1) is 0 Å². The summed E-state index contributed by atoms with van der Waals surface area (Å²) in [6.45, 7) is 6.83. The van der Waals surface area contributed by atoms with Crippen molar-refractivity contribution in [2.45, 2.75) is 0 Å². The van der Waals surface area contributed by atoms with Crippen LogP contribution in [0.1, 0.15) is 0 Å². The van der Waals surface area contributed by atoms with E-state index in [1.807, 2.05) is 6.07 Å². The van der Waals surface area contributed by atoms with Crippen molar-refractivity contribution in [3.63, 3.8) is 0 Å². The second-order valence-corrected chi connectivity index (χ2v) is 2.87. The van der Waals surface area contributed by atoms with Crippen LogP contribution in [0.15, 0.2) is 29.1 Å². The maximum atomic E-state index is 11.3. The van der Waals surface area contributed by atoms with Crippen molar-refractivity contribution in [1.29, 1.82) is 0 Å². The highest BCUT2D eigenvalue weighted by Gasteiger charge is 2.08. The summed E-state index contributed by atoms with van der Waals surface area (Å²) in [7, 11) is 0. The van der Waals surface area contributed by atoms with E-state index < -0.39 is 5.56 Å². The van der Waals surface area contributed by atoms with Gasteiger partial charge < -0.3 is 10.7 Å². The van der Waals surface area contributed by atoms with E-state index in [9.17, 15) is 4.79 Å². The molecule has 2 aromatic rings. The van der Waals surface area contributed by atoms with E-state index in [1.165, 1.54) is 0 Å². The first-order valence-electron chi connectivity index (χ1n) is 4.02. The molecule has 3 N–H and O–H groups in total. The molecule has 0 spiro atoms. The number of benzene rings is 1. The average Bonchev–Trinajstić information content (AvgIpc) is 2.18. The fourth-order valence-electron chi connectivity index (χ4n) is 1.37. The van der Waals surface area contributed by atoms with Crippen molar-refractivity contribution in [3.05, 3.63) is 46.0 Å². The van der Waals surface area contributed by atoms with Crippen molar-refractivity contribution >= 4 is 22.3 Å². The van der Waals surface area contributed by atoms with Crippen LogP contribution in [0.5, 0.6) is 0 Å². The van der Waals surface area contributed by atoms with Crippen molar-refractivity contribution in [1.82, 2.24) is 4.98 Å². The van der Waals surface area contributed by atoms with Crippen molar-refractivity contribution in [3.8, 4) is 0 Å². The Morgan fingerprint density at radius 1 is 1.36 bits per heavy atom. The molecule has 0 aliphatic heterocycles. The normalized spacial score (nSPS) is 9.93. The molecule has 0 amide bonds. The van der Waals surface area contributed by atoms with Gasteiger partial charge in [-0.1, -0.05) is 18.2 Å². The number of pyridine rings is 1. The highest BCUT2D eigenvalue weighted by Crippen LogP contribution is 2.25. The maximum Gasteiger partial charge on any atom is 0.273 e. The van der Waals surface area contributed by atoms with Gasteiger partial charge in [-0.25, -0.2) is 4.85 Å². The smallest absolute Gasteiger partial charge is 0.273 e. The molecule has 0 fully saturated rings. The molecule has 0 unspecified atom stereocenters. The number of aromatic nitrogens is 1. The molecule has 1 aromatic heterocycles. The van der Waals surface area contributed by atoms with Gasteiger partial charge in [-0.2, -0.15) is 0 Å². The molecule has 0 aliphatic rings. The van der Waals surface area contributed by atoms with Gasteiger partial charge in [0.25, 0.3) is 11.2 Å². The molecule has 0 radical (unpaired) electrons. The number of fused-ring (bicyclic) bond motifs is 1. The molecule has 2 rings (SSSR count). The lowest BCUT2D eigenvalue weighted by Crippen LogP contribution is -2.07. The lowest BCUT2D eigenvalue weighted by molar-refractivity contribution is 1.32. The first kappa shape index (κ1) is 8.32. The Balaban J connectivity index is 3.02. The number of nitrogen functional groups attached to an aromatic ring is 1. The first-order chi connectivity index (χ1) is 6.74. The number of nitrogens with one attached hydrogen (secondary N) is 1. The molecule has 4 nitrogen and oxygen atoms in total. The highest BCUT2D eigenvalue weighted by molar-refractivity contribution is 5.96. The number of hydrogen-bond acceptors (Lipinski definition) is 2. The van der Waals surface area contributed by atoms with Crippen LogP contribution in [0.2, 0.25) is 0 Å². The summed E-state index contributed by atoms with van der Waals surface area (Å²) in [6, 6.07) is 7.13. The van der Waals surface area contributed by atoms with Crippen molar-refractivity contribution in [2.24, 2.45) is 0 Å². The third-order valence-electron chi connectivity index (χ3n) is 2.05. The summed E-state index contributed by atoms with van der Waals surface area (Å²) in [4.78, 5) is 17.0. The summed E-state index contributed by atoms with van der Waals surface area (Å²) in [6.07, 6.45) is 0. The van der Waals surface area contributed by atoms with Crippen LogP contribution in [0.4, 0.5) is 11.4 Å². The van der Waals surface area contributed by atoms with E-state index >= 15 is 0 Å². The Morgan fingerprint density at radius 2 is 2.07 bits per heavy atom. The molecular formula is C10H7N3O. The van der Waals surface area contributed by atoms with Gasteiger partial charge in [0.2, 0.25) is 0 Å². The van der Waals surface area contributed by atoms with Crippen molar-refractivity contribution in [2.75, 3.05) is 5.73 Å². The standard InChI is InChI=1S/C10H7N3O/c1-12-9-8(11)6-4-2-3-5-7(6)13-10(9)14/h2-5H,(H3,11,13,14). The molecule has 68 valence electrons. The van der Waals surface area contributed by atoms with Gasteiger partial charge in [0.05, 0.1) is 12.3 Å². The molecule has 0 saturated heterocycles. The largest absolute Gasteiger partial charge is 0.407 e. The molecule has 0 aliphatic carbocycles. The third kappa shape index (κ3) is 1.04. The molecule has 1 heterocycles. The second kappa shape index (κ2) is 2.89. The minimum Gasteiger partial charge on any atom is -0.407 e. The summed E-state index contributed by atoms with van der Waals surface area (Å²) in [5.74, 6) is 0. The van der Waals surface area contributed by atoms with Gasteiger partial charge in [0.15, 0.2) is 0 Å². The number of rotatable bonds is 0. The lowest BCUT2D eigenvalue weighted by atomic mass is 10.2. The quantitative estimate of drug-likeness (QED) is 0.613. The summed E-state index contributed by atoms with van der Waals surface area (Å²) in [5, 5.41) is 0.707. The van der Waals surface area contributed by atoms with Crippen LogP contribution in [0, 0.1) is 6.57 Å². The SMILES string of the molecule is [C-]#[N+]c1c(N)c2ccccc2[nH]c1=O. The van der Waals surface area contributed by atoms with Crippen LogP contribution in [0.25, 0.3) is 15.7 Å². The fourth-order valence-corrected chi connectivity index (χ4v) is 1.37. The number of H-pyrrole nitrogens is 1. The van der Waals surface area contributed by atoms with E-state index in [2.05, 4.69) is 9.83 Å². The summed E-state index contributed by atoms with van der Waals surface area (Å²) >= 11 is 0. The van der Waals surface area contributed by atoms with Gasteiger partial charge in [-0.05, 0) is 6.07 Å². The zero-order chi connectivity index (χ0) is 10.1. The zero-order valence-corrected chi connectivity index (χ0v) is 7.24. The van der Waals surface area contributed by atoms with Gasteiger partial charge in [0.1, 0.15) is 0 Å². The first-order valence-corrected chi connectivity index (χ1v) is 4.02.